The Kier molecular flexibility index (Phi) is 8.91. The maximum Gasteiger partial charge on any atom is 0.303 e. The zero-order chi connectivity index (χ0) is 28.6. The van der Waals surface area contributed by atoms with Crippen LogP contribution in [0.5, 0.6) is 0 Å². The minimum absolute atomic E-state index is 0.194. The Morgan fingerprint density at radius 1 is 1.08 bits per heavy atom. The summed E-state index contributed by atoms with van der Waals surface area (Å²) in [6.45, 7) is 16.3. The molecule has 0 heterocycles. The van der Waals surface area contributed by atoms with Gasteiger partial charge in [0.15, 0.2) is 0 Å². The fourth-order valence-corrected chi connectivity index (χ4v) is 8.84. The second-order valence-corrected chi connectivity index (χ2v) is 14.2. The molecule has 4 saturated carbocycles. The first-order valence-corrected chi connectivity index (χ1v) is 15.4. The highest BCUT2D eigenvalue weighted by Gasteiger charge is 2.58. The molecule has 4 rings (SSSR count). The number of hydrogen-bond acceptors (Lipinski definition) is 5. The smallest absolute Gasteiger partial charge is 0.303 e. The molecule has 0 aromatic carbocycles. The number of aliphatic hydroxyl groups excluding tert-OH is 1. The van der Waals surface area contributed by atoms with Crippen LogP contribution in [0.15, 0.2) is 35.5 Å². The number of aliphatic hydroxyl groups is 1. The Labute approximate surface area is 236 Å². The molecule has 0 aliphatic heterocycles. The van der Waals surface area contributed by atoms with Gasteiger partial charge < -0.3 is 14.6 Å². The molecule has 0 bridgehead atoms. The van der Waals surface area contributed by atoms with Gasteiger partial charge in [0.25, 0.3) is 0 Å². The van der Waals surface area contributed by atoms with E-state index in [-0.39, 0.29) is 18.0 Å². The van der Waals surface area contributed by atoms with E-state index in [9.17, 15) is 14.7 Å². The number of rotatable bonds is 9. The molecule has 4 aliphatic rings. The van der Waals surface area contributed by atoms with Gasteiger partial charge in [-0.05, 0) is 118 Å². The lowest BCUT2D eigenvalue weighted by Gasteiger charge is -2.50. The second kappa shape index (κ2) is 11.5. The van der Waals surface area contributed by atoms with Crippen molar-refractivity contribution < 1.29 is 24.2 Å². The minimum Gasteiger partial charge on any atom is -0.462 e. The van der Waals surface area contributed by atoms with Crippen LogP contribution in [0.4, 0.5) is 0 Å². The highest BCUT2D eigenvalue weighted by atomic mass is 16.6. The summed E-state index contributed by atoms with van der Waals surface area (Å²) in [5.74, 6) is 1.62. The molecule has 5 heteroatoms. The van der Waals surface area contributed by atoms with Gasteiger partial charge >= 0.3 is 11.9 Å². The van der Waals surface area contributed by atoms with Gasteiger partial charge in [-0.2, -0.15) is 0 Å². The molecule has 4 aliphatic carbocycles. The van der Waals surface area contributed by atoms with Crippen LogP contribution >= 0.6 is 0 Å². The molecule has 0 spiro atoms. The summed E-state index contributed by atoms with van der Waals surface area (Å²) in [6, 6.07) is 0. The van der Waals surface area contributed by atoms with Crippen LogP contribution in [0.3, 0.4) is 0 Å². The summed E-state index contributed by atoms with van der Waals surface area (Å²) in [6.07, 6.45) is 16.7. The molecule has 218 valence electrons. The summed E-state index contributed by atoms with van der Waals surface area (Å²) in [4.78, 5) is 23.1. The predicted molar refractivity (Wildman–Crippen MR) is 155 cm³/mol. The molecular weight excluding hydrogens is 488 g/mol. The van der Waals surface area contributed by atoms with Gasteiger partial charge in [0.05, 0.1) is 6.10 Å². The first-order chi connectivity index (χ1) is 18.2. The van der Waals surface area contributed by atoms with Gasteiger partial charge in [0.1, 0.15) is 11.7 Å². The van der Waals surface area contributed by atoms with Gasteiger partial charge in [0.2, 0.25) is 0 Å². The third kappa shape index (κ3) is 6.72. The van der Waals surface area contributed by atoms with E-state index in [0.717, 1.165) is 36.3 Å². The summed E-state index contributed by atoms with van der Waals surface area (Å²) < 4.78 is 11.0. The Bertz CT molecular complexity index is 1020. The summed E-state index contributed by atoms with van der Waals surface area (Å²) in [5.41, 5.74) is 3.54. The van der Waals surface area contributed by atoms with Crippen molar-refractivity contribution in [2.24, 2.45) is 28.6 Å². The highest BCUT2D eigenvalue weighted by molar-refractivity contribution is 5.66. The molecule has 6 atom stereocenters. The number of esters is 2. The van der Waals surface area contributed by atoms with E-state index in [1.54, 1.807) is 5.57 Å². The van der Waals surface area contributed by atoms with Crippen LogP contribution in [-0.2, 0) is 19.1 Å². The fourth-order valence-electron chi connectivity index (χ4n) is 8.84. The van der Waals surface area contributed by atoms with Gasteiger partial charge in [-0.25, -0.2) is 0 Å². The monoisotopic (exact) mass is 540 g/mol. The lowest BCUT2D eigenvalue weighted by molar-refractivity contribution is -0.154. The van der Waals surface area contributed by atoms with E-state index in [1.165, 1.54) is 58.8 Å². The van der Waals surface area contributed by atoms with Crippen LogP contribution in [0, 0.1) is 28.6 Å². The molecule has 0 aromatic rings. The topological polar surface area (TPSA) is 72.8 Å². The number of carbonyl (C=O) groups is 2. The first kappa shape index (κ1) is 30.1. The second-order valence-electron chi connectivity index (χ2n) is 14.2. The van der Waals surface area contributed by atoms with Crippen LogP contribution in [0.1, 0.15) is 119 Å². The van der Waals surface area contributed by atoms with E-state index < -0.39 is 11.7 Å². The summed E-state index contributed by atoms with van der Waals surface area (Å²) in [5, 5.41) is 10.5. The van der Waals surface area contributed by atoms with Crippen LogP contribution in [-0.4, -0.2) is 34.9 Å². The summed E-state index contributed by atoms with van der Waals surface area (Å²) in [7, 11) is 0. The highest BCUT2D eigenvalue weighted by Crippen LogP contribution is 2.67. The molecule has 0 radical (unpaired) electrons. The number of carbonyl (C=O) groups excluding carboxylic acids is 2. The Hall–Kier alpha value is -1.88. The summed E-state index contributed by atoms with van der Waals surface area (Å²) >= 11 is 0. The van der Waals surface area contributed by atoms with Gasteiger partial charge in [-0.1, -0.05) is 38.2 Å². The molecule has 0 amide bonds. The van der Waals surface area contributed by atoms with Gasteiger partial charge in [-0.3, -0.25) is 9.59 Å². The largest absolute Gasteiger partial charge is 0.462 e. The van der Waals surface area contributed by atoms with Crippen LogP contribution in [0.25, 0.3) is 0 Å². The number of hydrogen-bond donors (Lipinski definition) is 1. The maximum absolute atomic E-state index is 11.6. The number of fused-ring (bicyclic) bond motifs is 1. The number of allylic oxidation sites excluding steroid dienone is 3. The lowest BCUT2D eigenvalue weighted by atomic mass is 9.55. The van der Waals surface area contributed by atoms with Crippen molar-refractivity contribution in [2.45, 2.75) is 136 Å². The molecule has 5 nitrogen and oxygen atoms in total. The zero-order valence-corrected chi connectivity index (χ0v) is 25.3. The molecule has 0 aromatic heterocycles. The Morgan fingerprint density at radius 3 is 2.44 bits per heavy atom. The third-order valence-electron chi connectivity index (χ3n) is 10.8. The van der Waals surface area contributed by atoms with E-state index in [4.69, 9.17) is 9.47 Å². The van der Waals surface area contributed by atoms with Crippen molar-refractivity contribution in [1.82, 2.24) is 0 Å². The standard InChI is InChI=1S/C34H52O5/c1-22-26(20-28(21-30(22)37)38-23(2)35)12-11-25-10-8-18-34(7)29(25)15-16-31(34)33(6,27-13-14-27)19-9-17-32(4,5)39-24(3)36/h11-12,27-31,37H,1,8-10,13-21H2,2-7H3/t28-,29?,30+,31-,33-,34+/m1/s1. The maximum atomic E-state index is 11.6. The average Bonchev–Trinajstić information content (AvgIpc) is 3.61. The average molecular weight is 541 g/mol. The van der Waals surface area contributed by atoms with Crippen molar-refractivity contribution in [3.8, 4) is 0 Å². The molecule has 0 saturated heterocycles. The van der Waals surface area contributed by atoms with Crippen molar-refractivity contribution >= 4 is 11.9 Å². The Morgan fingerprint density at radius 2 is 1.79 bits per heavy atom. The van der Waals surface area contributed by atoms with Gasteiger partial charge in [0, 0.05) is 26.7 Å². The lowest BCUT2D eigenvalue weighted by Crippen LogP contribution is -2.42. The quantitative estimate of drug-likeness (QED) is 0.304. The van der Waals surface area contributed by atoms with Crippen molar-refractivity contribution in [2.75, 3.05) is 0 Å². The molecule has 39 heavy (non-hydrogen) atoms. The van der Waals surface area contributed by atoms with Crippen LogP contribution < -0.4 is 0 Å². The van der Waals surface area contributed by atoms with Crippen molar-refractivity contribution in [1.29, 1.82) is 0 Å². The molecular formula is C34H52O5. The van der Waals surface area contributed by atoms with E-state index in [0.29, 0.717) is 35.5 Å². The number of ether oxygens (including phenoxy) is 2. The van der Waals surface area contributed by atoms with Crippen molar-refractivity contribution in [3.05, 3.63) is 35.5 Å². The van der Waals surface area contributed by atoms with Crippen molar-refractivity contribution in [3.63, 3.8) is 0 Å². The predicted octanol–water partition coefficient (Wildman–Crippen LogP) is 7.63. The fraction of sp³-hybridized carbons (Fsp3) is 0.765. The molecule has 1 N–H and O–H groups in total. The zero-order valence-electron chi connectivity index (χ0n) is 25.3. The Balaban J connectivity index is 1.50. The normalized spacial score (nSPS) is 35.0. The SMILES string of the molecule is C=C1C(=CC=C2CCC[C@@]3(C)C2CC[C@@H]3[C@](C)(CCCC(C)(C)OC(C)=O)C2CC2)C[C@@H](OC(C)=O)C[C@@H]1O. The van der Waals surface area contributed by atoms with Crippen LogP contribution in [0.2, 0.25) is 0 Å². The minimum atomic E-state index is -0.662. The first-order valence-electron chi connectivity index (χ1n) is 15.4. The third-order valence-corrected chi connectivity index (χ3v) is 10.8. The molecule has 1 unspecified atom stereocenters. The van der Waals surface area contributed by atoms with E-state index in [1.807, 2.05) is 13.8 Å². The molecule has 4 fully saturated rings. The van der Waals surface area contributed by atoms with E-state index >= 15 is 0 Å². The van der Waals surface area contributed by atoms with Gasteiger partial charge in [-0.15, -0.1) is 0 Å². The van der Waals surface area contributed by atoms with E-state index in [2.05, 4.69) is 32.6 Å².